The van der Waals surface area contributed by atoms with Gasteiger partial charge in [0.25, 0.3) is 0 Å². The van der Waals surface area contributed by atoms with Gasteiger partial charge in [0.2, 0.25) is 0 Å². The molecule has 0 radical (unpaired) electrons. The molecule has 1 aliphatic rings. The SMILES string of the molecule is CC(C)Oc1ccc(NCCC2CCCO2)cc1. The molecular weight excluding hydrogens is 226 g/mol. The van der Waals surface area contributed by atoms with Crippen molar-refractivity contribution in [1.29, 1.82) is 0 Å². The number of benzene rings is 1. The van der Waals surface area contributed by atoms with E-state index >= 15 is 0 Å². The van der Waals surface area contributed by atoms with Crippen molar-refractivity contribution in [3.8, 4) is 5.75 Å². The Bertz CT molecular complexity index is 342. The maximum Gasteiger partial charge on any atom is 0.119 e. The van der Waals surface area contributed by atoms with Crippen LogP contribution in [0.4, 0.5) is 5.69 Å². The van der Waals surface area contributed by atoms with Gasteiger partial charge in [-0.05, 0) is 57.4 Å². The first-order valence-electron chi connectivity index (χ1n) is 6.86. The van der Waals surface area contributed by atoms with Gasteiger partial charge in [0.15, 0.2) is 0 Å². The van der Waals surface area contributed by atoms with E-state index in [1.54, 1.807) is 0 Å². The van der Waals surface area contributed by atoms with Crippen LogP contribution in [0, 0.1) is 0 Å². The summed E-state index contributed by atoms with van der Waals surface area (Å²) in [7, 11) is 0. The molecule has 1 unspecified atom stereocenters. The van der Waals surface area contributed by atoms with Crippen LogP contribution in [0.3, 0.4) is 0 Å². The van der Waals surface area contributed by atoms with E-state index < -0.39 is 0 Å². The van der Waals surface area contributed by atoms with Crippen LogP contribution >= 0.6 is 0 Å². The summed E-state index contributed by atoms with van der Waals surface area (Å²) in [6, 6.07) is 8.14. The van der Waals surface area contributed by atoms with Gasteiger partial charge >= 0.3 is 0 Å². The first-order chi connectivity index (χ1) is 8.74. The van der Waals surface area contributed by atoms with Crippen molar-refractivity contribution < 1.29 is 9.47 Å². The van der Waals surface area contributed by atoms with Gasteiger partial charge in [-0.15, -0.1) is 0 Å². The highest BCUT2D eigenvalue weighted by molar-refractivity contribution is 5.46. The zero-order valence-electron chi connectivity index (χ0n) is 11.3. The Kier molecular flexibility index (Phi) is 4.88. The molecule has 3 heteroatoms. The maximum absolute atomic E-state index is 5.61. The Morgan fingerprint density at radius 2 is 2.11 bits per heavy atom. The molecule has 100 valence electrons. The Hall–Kier alpha value is -1.22. The lowest BCUT2D eigenvalue weighted by atomic mass is 10.2. The molecule has 0 bridgehead atoms. The quantitative estimate of drug-likeness (QED) is 0.837. The predicted molar refractivity (Wildman–Crippen MR) is 74.3 cm³/mol. The van der Waals surface area contributed by atoms with Crippen molar-refractivity contribution in [1.82, 2.24) is 0 Å². The van der Waals surface area contributed by atoms with Crippen molar-refractivity contribution in [3.63, 3.8) is 0 Å². The molecule has 1 aromatic carbocycles. The van der Waals surface area contributed by atoms with E-state index in [1.807, 2.05) is 26.0 Å². The van der Waals surface area contributed by atoms with Crippen molar-refractivity contribution in [3.05, 3.63) is 24.3 Å². The van der Waals surface area contributed by atoms with E-state index in [0.29, 0.717) is 6.10 Å². The second-order valence-corrected chi connectivity index (χ2v) is 5.04. The molecule has 1 saturated heterocycles. The number of nitrogens with one attached hydrogen (secondary N) is 1. The molecular formula is C15H23NO2. The molecule has 1 fully saturated rings. The van der Waals surface area contributed by atoms with Gasteiger partial charge in [0, 0.05) is 18.8 Å². The molecule has 1 N–H and O–H groups in total. The molecule has 3 nitrogen and oxygen atoms in total. The Morgan fingerprint density at radius 1 is 1.33 bits per heavy atom. The molecule has 1 heterocycles. The highest BCUT2D eigenvalue weighted by Crippen LogP contribution is 2.18. The van der Waals surface area contributed by atoms with Gasteiger partial charge in [-0.25, -0.2) is 0 Å². The van der Waals surface area contributed by atoms with Gasteiger partial charge in [-0.1, -0.05) is 0 Å². The van der Waals surface area contributed by atoms with E-state index in [0.717, 1.165) is 31.0 Å². The third-order valence-electron chi connectivity index (χ3n) is 3.05. The zero-order valence-corrected chi connectivity index (χ0v) is 11.3. The van der Waals surface area contributed by atoms with Gasteiger partial charge in [-0.3, -0.25) is 0 Å². The summed E-state index contributed by atoms with van der Waals surface area (Å²) in [6.07, 6.45) is 4.20. The fraction of sp³-hybridized carbons (Fsp3) is 0.600. The largest absolute Gasteiger partial charge is 0.491 e. The van der Waals surface area contributed by atoms with E-state index in [1.165, 1.54) is 12.8 Å². The molecule has 0 saturated carbocycles. The third-order valence-corrected chi connectivity index (χ3v) is 3.05. The van der Waals surface area contributed by atoms with Crippen molar-refractivity contribution in [2.45, 2.75) is 45.3 Å². The highest BCUT2D eigenvalue weighted by Gasteiger charge is 2.14. The standard InChI is InChI=1S/C15H23NO2/c1-12(2)18-15-7-5-13(6-8-15)16-10-9-14-4-3-11-17-14/h5-8,12,14,16H,3-4,9-11H2,1-2H3. The Balaban J connectivity index is 1.72. The second kappa shape index (κ2) is 6.64. The van der Waals surface area contributed by atoms with Crippen LogP contribution in [0.15, 0.2) is 24.3 Å². The topological polar surface area (TPSA) is 30.5 Å². The third kappa shape index (κ3) is 4.22. The lowest BCUT2D eigenvalue weighted by Crippen LogP contribution is -2.12. The summed E-state index contributed by atoms with van der Waals surface area (Å²) < 4.78 is 11.2. The van der Waals surface area contributed by atoms with Crippen LogP contribution in [0.2, 0.25) is 0 Å². The van der Waals surface area contributed by atoms with Gasteiger partial charge in [0.1, 0.15) is 5.75 Å². The summed E-state index contributed by atoms with van der Waals surface area (Å²) in [5, 5.41) is 3.42. The second-order valence-electron chi connectivity index (χ2n) is 5.04. The number of anilines is 1. The number of rotatable bonds is 6. The molecule has 1 aromatic rings. The summed E-state index contributed by atoms with van der Waals surface area (Å²) in [5.74, 6) is 0.926. The van der Waals surface area contributed by atoms with Crippen LogP contribution in [-0.4, -0.2) is 25.4 Å². The van der Waals surface area contributed by atoms with Crippen molar-refractivity contribution in [2.75, 3.05) is 18.5 Å². The van der Waals surface area contributed by atoms with Crippen LogP contribution < -0.4 is 10.1 Å². The smallest absolute Gasteiger partial charge is 0.119 e. The average molecular weight is 249 g/mol. The summed E-state index contributed by atoms with van der Waals surface area (Å²) in [4.78, 5) is 0. The minimum absolute atomic E-state index is 0.225. The van der Waals surface area contributed by atoms with Gasteiger partial charge in [-0.2, -0.15) is 0 Å². The number of hydrogen-bond donors (Lipinski definition) is 1. The number of hydrogen-bond acceptors (Lipinski definition) is 3. The summed E-state index contributed by atoms with van der Waals surface area (Å²) in [6.45, 7) is 5.97. The monoisotopic (exact) mass is 249 g/mol. The fourth-order valence-electron chi connectivity index (χ4n) is 2.17. The minimum Gasteiger partial charge on any atom is -0.491 e. The van der Waals surface area contributed by atoms with Crippen LogP contribution in [0.5, 0.6) is 5.75 Å². The first-order valence-corrected chi connectivity index (χ1v) is 6.86. The van der Waals surface area contributed by atoms with Crippen molar-refractivity contribution >= 4 is 5.69 Å². The lowest BCUT2D eigenvalue weighted by Gasteiger charge is -2.12. The molecule has 1 atom stereocenters. The van der Waals surface area contributed by atoms with Crippen LogP contribution in [0.1, 0.15) is 33.1 Å². The van der Waals surface area contributed by atoms with E-state index in [-0.39, 0.29) is 6.10 Å². The van der Waals surface area contributed by atoms with Gasteiger partial charge in [0.05, 0.1) is 12.2 Å². The predicted octanol–water partition coefficient (Wildman–Crippen LogP) is 3.45. The minimum atomic E-state index is 0.225. The van der Waals surface area contributed by atoms with Crippen LogP contribution in [0.25, 0.3) is 0 Å². The Morgan fingerprint density at radius 3 is 2.72 bits per heavy atom. The van der Waals surface area contributed by atoms with E-state index in [4.69, 9.17) is 9.47 Å². The number of ether oxygens (including phenoxy) is 2. The van der Waals surface area contributed by atoms with E-state index in [2.05, 4.69) is 17.4 Å². The molecule has 1 aliphatic heterocycles. The summed E-state index contributed by atoms with van der Waals surface area (Å²) >= 11 is 0. The fourth-order valence-corrected chi connectivity index (χ4v) is 2.17. The molecule has 0 aliphatic carbocycles. The van der Waals surface area contributed by atoms with E-state index in [9.17, 15) is 0 Å². The van der Waals surface area contributed by atoms with Crippen molar-refractivity contribution in [2.24, 2.45) is 0 Å². The first kappa shape index (κ1) is 13.2. The summed E-state index contributed by atoms with van der Waals surface area (Å²) in [5.41, 5.74) is 1.14. The maximum atomic E-state index is 5.61. The highest BCUT2D eigenvalue weighted by atomic mass is 16.5. The molecule has 2 rings (SSSR count). The normalized spacial score (nSPS) is 19.2. The Labute approximate surface area is 109 Å². The molecule has 0 aromatic heterocycles. The lowest BCUT2D eigenvalue weighted by molar-refractivity contribution is 0.107. The van der Waals surface area contributed by atoms with Crippen LogP contribution in [-0.2, 0) is 4.74 Å². The van der Waals surface area contributed by atoms with Gasteiger partial charge < -0.3 is 14.8 Å². The average Bonchev–Trinajstić information content (AvgIpc) is 2.84. The molecule has 18 heavy (non-hydrogen) atoms. The molecule has 0 amide bonds. The molecule has 0 spiro atoms. The zero-order chi connectivity index (χ0) is 12.8.